The maximum atomic E-state index is 14.6. The number of nitrogens with zero attached hydrogens (tertiary/aromatic N) is 4. The predicted molar refractivity (Wildman–Crippen MR) is 106 cm³/mol. The normalized spacial score (nSPS) is 11.6. The van der Waals surface area contributed by atoms with Gasteiger partial charge in [-0.05, 0) is 36.4 Å². The standard InChI is InChI=1S/C21H15F4N5O/c1-12(31)28-14-3-4-16-19(9-14)30(11-15-10-26-6-7-27-15)29-20(16)17-8-13(21(23,24)25)2-5-18(17)22/h2-10H,11H2,1H3,(H,28,31). The third-order valence-corrected chi connectivity index (χ3v) is 4.55. The predicted octanol–water partition coefficient (Wildman–Crippen LogP) is 4.66. The molecule has 0 radical (unpaired) electrons. The van der Waals surface area contributed by atoms with E-state index >= 15 is 0 Å². The van der Waals surface area contributed by atoms with E-state index < -0.39 is 17.6 Å². The highest BCUT2D eigenvalue weighted by molar-refractivity contribution is 5.97. The number of nitrogens with one attached hydrogen (secondary N) is 1. The van der Waals surface area contributed by atoms with Gasteiger partial charge in [-0.15, -0.1) is 0 Å². The Morgan fingerprint density at radius 2 is 1.94 bits per heavy atom. The molecule has 2 aromatic heterocycles. The lowest BCUT2D eigenvalue weighted by atomic mass is 10.0. The molecule has 0 fully saturated rings. The Kier molecular flexibility index (Phi) is 5.14. The van der Waals surface area contributed by atoms with Crippen molar-refractivity contribution in [2.45, 2.75) is 19.6 Å². The van der Waals surface area contributed by atoms with Crippen LogP contribution in [0.1, 0.15) is 18.2 Å². The van der Waals surface area contributed by atoms with E-state index in [0.717, 1.165) is 12.1 Å². The third kappa shape index (κ3) is 4.23. The minimum absolute atomic E-state index is 0.0527. The van der Waals surface area contributed by atoms with E-state index in [9.17, 15) is 22.4 Å². The lowest BCUT2D eigenvalue weighted by Gasteiger charge is -2.09. The molecule has 0 saturated heterocycles. The molecule has 6 nitrogen and oxygen atoms in total. The zero-order valence-electron chi connectivity index (χ0n) is 16.1. The monoisotopic (exact) mass is 429 g/mol. The summed E-state index contributed by atoms with van der Waals surface area (Å²) in [6.45, 7) is 1.50. The molecule has 158 valence electrons. The summed E-state index contributed by atoms with van der Waals surface area (Å²) in [6.07, 6.45) is -0.102. The molecule has 4 aromatic rings. The number of hydrogen-bond acceptors (Lipinski definition) is 4. The molecule has 2 aromatic carbocycles. The molecule has 0 aliphatic heterocycles. The van der Waals surface area contributed by atoms with Crippen molar-refractivity contribution in [3.8, 4) is 11.3 Å². The van der Waals surface area contributed by atoms with Gasteiger partial charge in [0, 0.05) is 36.0 Å². The number of alkyl halides is 3. The molecule has 0 unspecified atom stereocenters. The smallest absolute Gasteiger partial charge is 0.326 e. The first-order valence-electron chi connectivity index (χ1n) is 9.12. The molecule has 1 N–H and O–H groups in total. The second kappa shape index (κ2) is 7.78. The summed E-state index contributed by atoms with van der Waals surface area (Å²) < 4.78 is 55.6. The summed E-state index contributed by atoms with van der Waals surface area (Å²) in [4.78, 5) is 19.6. The fourth-order valence-corrected chi connectivity index (χ4v) is 3.22. The number of benzene rings is 2. The Hall–Kier alpha value is -3.82. The largest absolute Gasteiger partial charge is 0.416 e. The van der Waals surface area contributed by atoms with Crippen LogP contribution >= 0.6 is 0 Å². The maximum absolute atomic E-state index is 14.6. The Morgan fingerprint density at radius 1 is 1.13 bits per heavy atom. The van der Waals surface area contributed by atoms with Crippen LogP contribution in [-0.2, 0) is 17.5 Å². The number of halogens is 4. The van der Waals surface area contributed by atoms with Gasteiger partial charge in [0.1, 0.15) is 11.5 Å². The minimum atomic E-state index is -4.63. The second-order valence-corrected chi connectivity index (χ2v) is 6.81. The second-order valence-electron chi connectivity index (χ2n) is 6.81. The van der Waals surface area contributed by atoms with Crippen LogP contribution in [0.3, 0.4) is 0 Å². The van der Waals surface area contributed by atoms with Crippen molar-refractivity contribution in [2.75, 3.05) is 5.32 Å². The maximum Gasteiger partial charge on any atom is 0.416 e. The summed E-state index contributed by atoms with van der Waals surface area (Å²) >= 11 is 0. The lowest BCUT2D eigenvalue weighted by Crippen LogP contribution is -2.07. The number of carbonyl (C=O) groups is 1. The van der Waals surface area contributed by atoms with Crippen LogP contribution in [0.2, 0.25) is 0 Å². The topological polar surface area (TPSA) is 72.7 Å². The number of hydrogen-bond donors (Lipinski definition) is 1. The van der Waals surface area contributed by atoms with Crippen molar-refractivity contribution in [1.29, 1.82) is 0 Å². The molecular formula is C21H15F4N5O. The van der Waals surface area contributed by atoms with Crippen LogP contribution in [0.25, 0.3) is 22.2 Å². The molecule has 1 amide bonds. The first-order chi connectivity index (χ1) is 14.7. The fraction of sp³-hybridized carbons (Fsp3) is 0.143. The Balaban J connectivity index is 1.91. The molecule has 0 bridgehead atoms. The lowest BCUT2D eigenvalue weighted by molar-refractivity contribution is -0.137. The summed E-state index contributed by atoms with van der Waals surface area (Å²) in [7, 11) is 0. The van der Waals surface area contributed by atoms with Gasteiger partial charge >= 0.3 is 6.18 Å². The molecule has 0 spiro atoms. The van der Waals surface area contributed by atoms with E-state index in [4.69, 9.17) is 0 Å². The van der Waals surface area contributed by atoms with Gasteiger partial charge in [-0.3, -0.25) is 19.4 Å². The molecule has 4 rings (SSSR count). The first-order valence-corrected chi connectivity index (χ1v) is 9.12. The number of anilines is 1. The average Bonchev–Trinajstić information content (AvgIpc) is 3.05. The molecule has 31 heavy (non-hydrogen) atoms. The van der Waals surface area contributed by atoms with Crippen LogP contribution in [-0.4, -0.2) is 25.7 Å². The van der Waals surface area contributed by atoms with Crippen molar-refractivity contribution < 1.29 is 22.4 Å². The molecule has 0 atom stereocenters. The van der Waals surface area contributed by atoms with Crippen LogP contribution in [0, 0.1) is 5.82 Å². The summed E-state index contributed by atoms with van der Waals surface area (Å²) in [5.41, 5.74) is 0.310. The summed E-state index contributed by atoms with van der Waals surface area (Å²) in [5.74, 6) is -1.12. The van der Waals surface area contributed by atoms with Gasteiger partial charge in [-0.2, -0.15) is 18.3 Å². The molecule has 2 heterocycles. The van der Waals surface area contributed by atoms with E-state index in [1.165, 1.54) is 30.2 Å². The van der Waals surface area contributed by atoms with Gasteiger partial charge in [-0.1, -0.05) is 0 Å². The van der Waals surface area contributed by atoms with E-state index in [1.54, 1.807) is 18.2 Å². The summed E-state index contributed by atoms with van der Waals surface area (Å²) in [5, 5.41) is 7.46. The molecule has 0 aliphatic carbocycles. The molecule has 0 aliphatic rings. The van der Waals surface area contributed by atoms with Gasteiger partial charge < -0.3 is 5.32 Å². The van der Waals surface area contributed by atoms with Crippen LogP contribution in [0.15, 0.2) is 55.0 Å². The van der Waals surface area contributed by atoms with Gasteiger partial charge in [0.25, 0.3) is 0 Å². The number of carbonyl (C=O) groups excluding carboxylic acids is 1. The van der Waals surface area contributed by atoms with E-state index in [-0.39, 0.29) is 23.7 Å². The zero-order chi connectivity index (χ0) is 22.2. The first kappa shape index (κ1) is 20.5. The Labute approximate surface area is 173 Å². The minimum Gasteiger partial charge on any atom is -0.326 e. The van der Waals surface area contributed by atoms with Crippen LogP contribution in [0.4, 0.5) is 23.2 Å². The summed E-state index contributed by atoms with van der Waals surface area (Å²) in [6, 6.07) is 6.98. The number of fused-ring (bicyclic) bond motifs is 1. The van der Waals surface area contributed by atoms with E-state index in [1.807, 2.05) is 0 Å². The Bertz CT molecular complexity index is 1270. The number of rotatable bonds is 4. The Morgan fingerprint density at radius 3 is 2.61 bits per heavy atom. The molecular weight excluding hydrogens is 414 g/mol. The highest BCUT2D eigenvalue weighted by Crippen LogP contribution is 2.36. The molecule has 10 heteroatoms. The van der Waals surface area contributed by atoms with Gasteiger partial charge in [0.05, 0.1) is 29.5 Å². The van der Waals surface area contributed by atoms with Gasteiger partial charge in [-0.25, -0.2) is 4.39 Å². The zero-order valence-corrected chi connectivity index (χ0v) is 16.1. The van der Waals surface area contributed by atoms with Crippen LogP contribution < -0.4 is 5.32 Å². The van der Waals surface area contributed by atoms with Crippen LogP contribution in [0.5, 0.6) is 0 Å². The van der Waals surface area contributed by atoms with Crippen molar-refractivity contribution in [1.82, 2.24) is 19.7 Å². The third-order valence-electron chi connectivity index (χ3n) is 4.55. The van der Waals surface area contributed by atoms with Crippen molar-refractivity contribution >= 4 is 22.5 Å². The number of aromatic nitrogens is 4. The molecule has 0 saturated carbocycles. The van der Waals surface area contributed by atoms with Gasteiger partial charge in [0.2, 0.25) is 5.91 Å². The highest BCUT2D eigenvalue weighted by Gasteiger charge is 2.32. The highest BCUT2D eigenvalue weighted by atomic mass is 19.4. The van der Waals surface area contributed by atoms with E-state index in [2.05, 4.69) is 20.4 Å². The van der Waals surface area contributed by atoms with Crippen molar-refractivity contribution in [3.63, 3.8) is 0 Å². The fourth-order valence-electron chi connectivity index (χ4n) is 3.22. The number of amides is 1. The average molecular weight is 429 g/mol. The van der Waals surface area contributed by atoms with Crippen molar-refractivity contribution in [2.24, 2.45) is 0 Å². The van der Waals surface area contributed by atoms with Gasteiger partial charge in [0.15, 0.2) is 0 Å². The SMILES string of the molecule is CC(=O)Nc1ccc2c(-c3cc(C(F)(F)F)ccc3F)nn(Cc3cnccn3)c2c1. The van der Waals surface area contributed by atoms with E-state index in [0.29, 0.717) is 28.4 Å². The quantitative estimate of drug-likeness (QED) is 0.479. The van der Waals surface area contributed by atoms with Crippen molar-refractivity contribution in [3.05, 3.63) is 72.1 Å².